The van der Waals surface area contributed by atoms with Crippen molar-refractivity contribution in [3.8, 4) is 23.3 Å². The van der Waals surface area contributed by atoms with E-state index in [0.717, 1.165) is 44.0 Å². The normalized spacial score (nSPS) is 11.7. The van der Waals surface area contributed by atoms with Crippen LogP contribution >= 0.6 is 0 Å². The van der Waals surface area contributed by atoms with E-state index in [-0.39, 0.29) is 0 Å². The van der Waals surface area contributed by atoms with Crippen molar-refractivity contribution < 1.29 is 0 Å². The molecule has 0 bridgehead atoms. The lowest BCUT2D eigenvalue weighted by Gasteiger charge is -2.30. The number of hydrogen-bond acceptors (Lipinski definition) is 8. The van der Waals surface area contributed by atoms with E-state index in [9.17, 15) is 0 Å². The highest BCUT2D eigenvalue weighted by Gasteiger charge is 2.48. The molecule has 0 amide bonds. The fourth-order valence-electron chi connectivity index (χ4n) is 6.00. The minimum Gasteiger partial charge on any atom is -0.237 e. The molecule has 0 saturated heterocycles. The third-order valence-corrected chi connectivity index (χ3v) is 12.5. The Hall–Kier alpha value is -6.34. The van der Waals surface area contributed by atoms with Gasteiger partial charge in [0.15, 0.2) is 23.3 Å². The standard InChI is InChI=1S/C36H32N12Si/c1-25-17-21-45(41-25)29-9-5-13-33(37-29)49(34-14-6-10-30(38-34)46-22-18-26(2)42-46,35-15-7-11-31(39-35)47-23-19-27(3)43-47)36-16-8-12-32(40-36)48-24-20-28(4)44-48/h5-24H,1-4H3. The molecule has 0 radical (unpaired) electrons. The van der Waals surface area contributed by atoms with Gasteiger partial charge in [-0.15, -0.1) is 0 Å². The molecule has 8 heterocycles. The van der Waals surface area contributed by atoms with E-state index >= 15 is 0 Å². The molecule has 13 heteroatoms. The molecule has 8 aromatic heterocycles. The van der Waals surface area contributed by atoms with Crippen LogP contribution in [0.4, 0.5) is 0 Å². The minimum atomic E-state index is -3.54. The van der Waals surface area contributed by atoms with E-state index in [1.54, 1.807) is 18.7 Å². The Bertz CT molecular complexity index is 2090. The zero-order valence-corrected chi connectivity index (χ0v) is 28.4. The summed E-state index contributed by atoms with van der Waals surface area (Å²) in [6.45, 7) is 7.85. The van der Waals surface area contributed by atoms with E-state index in [2.05, 4.69) is 44.7 Å². The van der Waals surface area contributed by atoms with Crippen molar-refractivity contribution in [3.63, 3.8) is 0 Å². The molecule has 0 aliphatic rings. The number of hydrogen-bond donors (Lipinski definition) is 0. The molecule has 8 rings (SSSR count). The summed E-state index contributed by atoms with van der Waals surface area (Å²) < 4.78 is 7.17. The van der Waals surface area contributed by atoms with Crippen molar-refractivity contribution in [1.29, 1.82) is 0 Å². The molecule has 0 atom stereocenters. The summed E-state index contributed by atoms with van der Waals surface area (Å²) in [6.07, 6.45) is 7.67. The topological polar surface area (TPSA) is 123 Å². The molecule has 12 nitrogen and oxygen atoms in total. The van der Waals surface area contributed by atoms with Gasteiger partial charge in [0.05, 0.1) is 22.8 Å². The molecular weight excluding hydrogens is 629 g/mol. The predicted molar refractivity (Wildman–Crippen MR) is 189 cm³/mol. The SMILES string of the molecule is Cc1ccn(-c2cccc([Si](c3cccc(-n4ccc(C)n4)n3)(c3cccc(-n4ccc(C)n4)n3)c3cccc(-n4ccc(C)n4)n3)n2)n1. The van der Waals surface area contributed by atoms with E-state index in [0.29, 0.717) is 23.3 Å². The Morgan fingerprint density at radius 3 is 0.796 bits per heavy atom. The van der Waals surface area contributed by atoms with Gasteiger partial charge in [-0.2, -0.15) is 20.4 Å². The van der Waals surface area contributed by atoms with E-state index < -0.39 is 8.07 Å². The first kappa shape index (κ1) is 30.0. The van der Waals surface area contributed by atoms with Gasteiger partial charge in [0.2, 0.25) is 0 Å². The average Bonchev–Trinajstić information content (AvgIpc) is 3.95. The van der Waals surface area contributed by atoms with Crippen LogP contribution in [0, 0.1) is 27.7 Å². The lowest BCUT2D eigenvalue weighted by atomic mass is 10.4. The van der Waals surface area contributed by atoms with Crippen LogP contribution in [0.5, 0.6) is 0 Å². The van der Waals surface area contributed by atoms with Crippen molar-refractivity contribution in [2.75, 3.05) is 0 Å². The summed E-state index contributed by atoms with van der Waals surface area (Å²) in [7, 11) is -3.54. The van der Waals surface area contributed by atoms with Crippen molar-refractivity contribution in [2.45, 2.75) is 27.7 Å². The summed E-state index contributed by atoms with van der Waals surface area (Å²) in [5.41, 5.74) is 3.58. The zero-order chi connectivity index (χ0) is 33.5. The van der Waals surface area contributed by atoms with Gasteiger partial charge in [-0.1, -0.05) is 24.3 Å². The van der Waals surface area contributed by atoms with Crippen molar-refractivity contribution in [3.05, 3.63) is 145 Å². The van der Waals surface area contributed by atoms with Gasteiger partial charge in [0, 0.05) is 46.1 Å². The molecule has 0 unspecified atom stereocenters. The number of nitrogens with zero attached hydrogens (tertiary/aromatic N) is 12. The van der Waals surface area contributed by atoms with E-state index in [1.807, 2.05) is 125 Å². The first-order valence-corrected chi connectivity index (χ1v) is 17.9. The Kier molecular flexibility index (Phi) is 7.37. The van der Waals surface area contributed by atoms with E-state index in [4.69, 9.17) is 19.9 Å². The summed E-state index contributed by atoms with van der Waals surface area (Å²) in [5.74, 6) is 2.72. The van der Waals surface area contributed by atoms with Crippen molar-refractivity contribution in [1.82, 2.24) is 59.1 Å². The molecule has 0 spiro atoms. The van der Waals surface area contributed by atoms with Crippen LogP contribution in [0.15, 0.2) is 122 Å². The van der Waals surface area contributed by atoms with Gasteiger partial charge < -0.3 is 0 Å². The Morgan fingerprint density at radius 1 is 0.347 bits per heavy atom. The fourth-order valence-corrected chi connectivity index (χ4v) is 10.1. The van der Waals surface area contributed by atoms with Crippen LogP contribution in [0.1, 0.15) is 22.8 Å². The summed E-state index contributed by atoms with van der Waals surface area (Å²) in [4.78, 5) is 21.4. The second-order valence-electron chi connectivity index (χ2n) is 11.9. The summed E-state index contributed by atoms with van der Waals surface area (Å²) >= 11 is 0. The molecule has 49 heavy (non-hydrogen) atoms. The maximum absolute atomic E-state index is 5.35. The van der Waals surface area contributed by atoms with Gasteiger partial charge in [-0.05, 0) is 100 Å². The molecule has 0 aliphatic heterocycles. The van der Waals surface area contributed by atoms with Gasteiger partial charge >= 0.3 is 0 Å². The second kappa shape index (κ2) is 12.0. The molecule has 0 N–H and O–H groups in total. The quantitative estimate of drug-likeness (QED) is 0.228. The molecule has 0 saturated carbocycles. The van der Waals surface area contributed by atoms with Gasteiger partial charge in [-0.25, -0.2) is 38.7 Å². The third-order valence-electron chi connectivity index (χ3n) is 8.30. The largest absolute Gasteiger partial charge is 0.263 e. The van der Waals surface area contributed by atoms with Gasteiger partial charge in [0.25, 0.3) is 8.07 Å². The van der Waals surface area contributed by atoms with Crippen LogP contribution in [0.3, 0.4) is 0 Å². The van der Waals surface area contributed by atoms with Crippen LogP contribution in [0.25, 0.3) is 23.3 Å². The number of rotatable bonds is 8. The predicted octanol–water partition coefficient (Wildman–Crippen LogP) is 2.62. The number of aromatic nitrogens is 12. The zero-order valence-electron chi connectivity index (χ0n) is 27.4. The molecule has 240 valence electrons. The molecule has 0 aromatic carbocycles. The Labute approximate surface area is 283 Å². The van der Waals surface area contributed by atoms with Gasteiger partial charge in [0.1, 0.15) is 0 Å². The maximum Gasteiger partial charge on any atom is 0.263 e. The molecule has 0 aliphatic carbocycles. The smallest absolute Gasteiger partial charge is 0.237 e. The first-order valence-electron chi connectivity index (χ1n) is 15.9. The minimum absolute atomic E-state index is 0.680. The molecular formula is C36H32N12Si. The maximum atomic E-state index is 5.35. The lowest BCUT2D eigenvalue weighted by Crippen LogP contribution is -2.77. The highest BCUT2D eigenvalue weighted by Crippen LogP contribution is 2.13. The molecule has 8 aromatic rings. The highest BCUT2D eigenvalue weighted by atomic mass is 28.3. The van der Waals surface area contributed by atoms with Crippen molar-refractivity contribution >= 4 is 29.3 Å². The number of aryl methyl sites for hydroxylation is 4. The summed E-state index contributed by atoms with van der Waals surface area (Å²) in [5, 5.41) is 21.9. The van der Waals surface area contributed by atoms with Crippen molar-refractivity contribution in [2.24, 2.45) is 0 Å². The number of pyridine rings is 4. The van der Waals surface area contributed by atoms with Crippen LogP contribution in [0.2, 0.25) is 0 Å². The molecule has 0 fully saturated rings. The first-order chi connectivity index (χ1) is 23.9. The average molecular weight is 661 g/mol. The van der Waals surface area contributed by atoms with Crippen LogP contribution in [-0.4, -0.2) is 67.1 Å². The fraction of sp³-hybridized carbons (Fsp3) is 0.111. The monoisotopic (exact) mass is 660 g/mol. The Morgan fingerprint density at radius 2 is 0.592 bits per heavy atom. The van der Waals surface area contributed by atoms with E-state index in [1.165, 1.54) is 0 Å². The third kappa shape index (κ3) is 5.45. The van der Waals surface area contributed by atoms with Gasteiger partial charge in [-0.3, -0.25) is 0 Å². The summed E-state index contributed by atoms with van der Waals surface area (Å²) in [6, 6.07) is 31.9. The van der Waals surface area contributed by atoms with Crippen LogP contribution in [-0.2, 0) is 0 Å². The Balaban J connectivity index is 1.47. The lowest BCUT2D eigenvalue weighted by molar-refractivity contribution is 0.831. The second-order valence-corrected chi connectivity index (χ2v) is 15.4. The van der Waals surface area contributed by atoms with Crippen LogP contribution < -0.4 is 21.3 Å². The highest BCUT2D eigenvalue weighted by molar-refractivity contribution is 7.18.